The Morgan fingerprint density at radius 2 is 1.07 bits per heavy atom. The van der Waals surface area contributed by atoms with Gasteiger partial charge in [0.1, 0.15) is 6.54 Å². The van der Waals surface area contributed by atoms with E-state index in [4.69, 9.17) is 15.3 Å². The summed E-state index contributed by atoms with van der Waals surface area (Å²) in [7, 11) is 0. The fraction of sp³-hybridized carbons (Fsp3) is 0.833. The average Bonchev–Trinajstić information content (AvgIpc) is 2.89. The van der Waals surface area contributed by atoms with Crippen molar-refractivity contribution in [3.63, 3.8) is 0 Å². The van der Waals surface area contributed by atoms with E-state index in [2.05, 4.69) is 5.32 Å². The van der Waals surface area contributed by atoms with Crippen LogP contribution in [-0.4, -0.2) is 69.6 Å². The molecule has 0 aromatic carbocycles. The molecule has 0 aromatic heterocycles. The van der Waals surface area contributed by atoms with Crippen molar-refractivity contribution >= 4 is 29.7 Å². The van der Waals surface area contributed by atoms with Gasteiger partial charge in [-0.2, -0.15) is 0 Å². The largest absolute Gasteiger partial charge is 0.481 e. The zero-order valence-corrected chi connectivity index (χ0v) is 24.7. The highest BCUT2D eigenvalue weighted by atomic mass is 16.4. The number of aliphatic carboxylic acids is 3. The van der Waals surface area contributed by atoms with Gasteiger partial charge >= 0.3 is 17.9 Å². The van der Waals surface area contributed by atoms with Crippen molar-refractivity contribution in [2.45, 2.75) is 135 Å². The second-order valence-electron chi connectivity index (χ2n) is 10.9. The maximum Gasteiger partial charge on any atom is 0.323 e. The van der Waals surface area contributed by atoms with Crippen LogP contribution in [0, 0.1) is 5.92 Å². The van der Waals surface area contributed by atoms with Crippen LogP contribution < -0.4 is 5.32 Å². The van der Waals surface area contributed by atoms with Crippen LogP contribution in [0.1, 0.15) is 135 Å². The molecule has 0 saturated heterocycles. The molecule has 0 unspecified atom stereocenters. The fourth-order valence-corrected chi connectivity index (χ4v) is 4.54. The summed E-state index contributed by atoms with van der Waals surface area (Å²) in [4.78, 5) is 58.3. The SMILES string of the molecule is C[C@@H](CCCCNC(=O)CCN(CC(=O)O)C(=O)CCCCCCCCCCCCCCCCC(=O)O)C(=O)O. The summed E-state index contributed by atoms with van der Waals surface area (Å²) in [5, 5.41) is 29.4. The lowest BCUT2D eigenvalue weighted by molar-refractivity contribution is -0.145. The number of nitrogens with zero attached hydrogens (tertiary/aromatic N) is 1. The Labute approximate surface area is 240 Å². The summed E-state index contributed by atoms with van der Waals surface area (Å²) in [6.45, 7) is 1.73. The van der Waals surface area contributed by atoms with E-state index in [0.29, 0.717) is 32.2 Å². The van der Waals surface area contributed by atoms with E-state index in [1.807, 2.05) is 0 Å². The van der Waals surface area contributed by atoms with Crippen LogP contribution in [0.5, 0.6) is 0 Å². The van der Waals surface area contributed by atoms with Crippen LogP contribution in [0.4, 0.5) is 0 Å². The van der Waals surface area contributed by atoms with Gasteiger partial charge in [-0.25, -0.2) is 0 Å². The quantitative estimate of drug-likeness (QED) is 0.0881. The van der Waals surface area contributed by atoms with Gasteiger partial charge in [0.25, 0.3) is 0 Å². The molecule has 4 N–H and O–H groups in total. The number of nitrogens with one attached hydrogen (secondary N) is 1. The van der Waals surface area contributed by atoms with Crippen molar-refractivity contribution in [1.82, 2.24) is 10.2 Å². The highest BCUT2D eigenvalue weighted by Gasteiger charge is 2.17. The molecule has 232 valence electrons. The average molecular weight is 571 g/mol. The van der Waals surface area contributed by atoms with E-state index in [1.54, 1.807) is 6.92 Å². The lowest BCUT2D eigenvalue weighted by Crippen LogP contribution is -2.38. The van der Waals surface area contributed by atoms with Crippen molar-refractivity contribution in [3.05, 3.63) is 0 Å². The van der Waals surface area contributed by atoms with Crippen LogP contribution in [-0.2, 0) is 24.0 Å². The molecule has 0 aliphatic carbocycles. The molecule has 10 heteroatoms. The number of unbranched alkanes of at least 4 members (excludes halogenated alkanes) is 14. The summed E-state index contributed by atoms with van der Waals surface area (Å²) < 4.78 is 0. The van der Waals surface area contributed by atoms with Crippen molar-refractivity contribution in [1.29, 1.82) is 0 Å². The highest BCUT2D eigenvalue weighted by molar-refractivity contribution is 5.82. The summed E-state index contributed by atoms with van der Waals surface area (Å²) in [6, 6.07) is 0. The summed E-state index contributed by atoms with van der Waals surface area (Å²) in [6.07, 6.45) is 17.8. The van der Waals surface area contributed by atoms with Crippen LogP contribution in [0.2, 0.25) is 0 Å². The third-order valence-electron chi connectivity index (χ3n) is 7.13. The minimum absolute atomic E-state index is 0.0390. The molecule has 0 heterocycles. The molecule has 0 aromatic rings. The van der Waals surface area contributed by atoms with E-state index >= 15 is 0 Å². The van der Waals surface area contributed by atoms with Gasteiger partial charge in [0, 0.05) is 32.4 Å². The van der Waals surface area contributed by atoms with Crippen LogP contribution >= 0.6 is 0 Å². The van der Waals surface area contributed by atoms with Crippen LogP contribution in [0.3, 0.4) is 0 Å². The Morgan fingerprint density at radius 3 is 1.52 bits per heavy atom. The van der Waals surface area contributed by atoms with E-state index in [1.165, 1.54) is 49.8 Å². The second-order valence-corrected chi connectivity index (χ2v) is 10.9. The van der Waals surface area contributed by atoms with Gasteiger partial charge in [-0.3, -0.25) is 24.0 Å². The predicted molar refractivity (Wildman–Crippen MR) is 154 cm³/mol. The Kier molecular flexibility index (Phi) is 23.6. The number of amides is 2. The number of carboxylic acids is 3. The minimum Gasteiger partial charge on any atom is -0.481 e. The molecule has 10 nitrogen and oxygen atoms in total. The maximum absolute atomic E-state index is 12.5. The van der Waals surface area contributed by atoms with Gasteiger partial charge in [0.2, 0.25) is 11.8 Å². The number of carboxylic acid groups (broad SMARTS) is 3. The fourth-order valence-electron chi connectivity index (χ4n) is 4.54. The molecule has 40 heavy (non-hydrogen) atoms. The molecular weight excluding hydrogens is 516 g/mol. The maximum atomic E-state index is 12.5. The number of carbonyl (C=O) groups excluding carboxylic acids is 2. The first kappa shape index (κ1) is 37.4. The van der Waals surface area contributed by atoms with Gasteiger partial charge in [-0.05, 0) is 25.7 Å². The third-order valence-corrected chi connectivity index (χ3v) is 7.13. The second kappa shape index (κ2) is 25.3. The van der Waals surface area contributed by atoms with E-state index in [-0.39, 0.29) is 37.6 Å². The van der Waals surface area contributed by atoms with E-state index in [9.17, 15) is 24.0 Å². The van der Waals surface area contributed by atoms with Crippen molar-refractivity contribution < 1.29 is 39.3 Å². The standard InChI is InChI=1S/C30H54N2O8/c1-25(30(39)40)18-16-17-22-31-26(33)21-23-32(24-29(37)38)27(34)19-14-12-10-8-6-4-2-3-5-7-9-11-13-15-20-28(35)36/h25H,2-24H2,1H3,(H,31,33)(H,35,36)(H,37,38)(H,39,40)/t25-/m0/s1. The molecule has 0 spiro atoms. The van der Waals surface area contributed by atoms with Gasteiger partial charge in [-0.15, -0.1) is 0 Å². The first-order valence-corrected chi connectivity index (χ1v) is 15.3. The minimum atomic E-state index is -1.10. The molecular formula is C30H54N2O8. The van der Waals surface area contributed by atoms with E-state index in [0.717, 1.165) is 38.5 Å². The molecule has 1 atom stereocenters. The molecule has 0 rings (SSSR count). The van der Waals surface area contributed by atoms with Crippen molar-refractivity contribution in [3.8, 4) is 0 Å². The lowest BCUT2D eigenvalue weighted by Gasteiger charge is -2.20. The molecule has 0 aliphatic rings. The van der Waals surface area contributed by atoms with E-state index < -0.39 is 30.4 Å². The predicted octanol–water partition coefficient (Wildman–Crippen LogP) is 5.62. The molecule has 0 fully saturated rings. The molecule has 2 amide bonds. The summed E-state index contributed by atoms with van der Waals surface area (Å²) in [5.74, 6) is -3.53. The molecule has 0 aliphatic heterocycles. The van der Waals surface area contributed by atoms with Gasteiger partial charge in [-0.1, -0.05) is 90.4 Å². The first-order chi connectivity index (χ1) is 19.1. The number of hydrogen-bond acceptors (Lipinski definition) is 5. The Morgan fingerprint density at radius 1 is 0.600 bits per heavy atom. The topological polar surface area (TPSA) is 161 Å². The summed E-state index contributed by atoms with van der Waals surface area (Å²) in [5.41, 5.74) is 0. The zero-order valence-electron chi connectivity index (χ0n) is 24.7. The van der Waals surface area contributed by atoms with Gasteiger partial charge in [0.15, 0.2) is 0 Å². The monoisotopic (exact) mass is 570 g/mol. The Hall–Kier alpha value is -2.65. The van der Waals surface area contributed by atoms with Gasteiger partial charge in [0.05, 0.1) is 5.92 Å². The Balaban J connectivity index is 3.81. The summed E-state index contributed by atoms with van der Waals surface area (Å²) >= 11 is 0. The molecule has 0 saturated carbocycles. The van der Waals surface area contributed by atoms with Crippen molar-refractivity contribution in [2.24, 2.45) is 5.92 Å². The molecule has 0 radical (unpaired) electrons. The van der Waals surface area contributed by atoms with Crippen LogP contribution in [0.25, 0.3) is 0 Å². The van der Waals surface area contributed by atoms with Gasteiger partial charge < -0.3 is 25.5 Å². The third kappa shape index (κ3) is 24.4. The first-order valence-electron chi connectivity index (χ1n) is 15.3. The number of carbonyl (C=O) groups is 5. The smallest absolute Gasteiger partial charge is 0.323 e. The van der Waals surface area contributed by atoms with Crippen molar-refractivity contribution in [2.75, 3.05) is 19.6 Å². The van der Waals surface area contributed by atoms with Crippen LogP contribution in [0.15, 0.2) is 0 Å². The number of hydrogen-bond donors (Lipinski definition) is 4. The highest BCUT2D eigenvalue weighted by Crippen LogP contribution is 2.14. The zero-order chi connectivity index (χ0) is 30.0. The lowest BCUT2D eigenvalue weighted by atomic mass is 10.0. The number of rotatable bonds is 28. The normalized spacial score (nSPS) is 11.6. The molecule has 0 bridgehead atoms. The Bertz CT molecular complexity index is 728.